The molecule has 15 heavy (non-hydrogen) atoms. The lowest BCUT2D eigenvalue weighted by Crippen LogP contribution is -2.27. The number of thiophene rings is 1. The van der Waals surface area contributed by atoms with Gasteiger partial charge in [-0.1, -0.05) is 0 Å². The van der Waals surface area contributed by atoms with Gasteiger partial charge >= 0.3 is 0 Å². The van der Waals surface area contributed by atoms with E-state index in [4.69, 9.17) is 15.3 Å². The van der Waals surface area contributed by atoms with E-state index in [1.807, 2.05) is 11.4 Å². The zero-order chi connectivity index (χ0) is 11.1. The lowest BCUT2D eigenvalue weighted by atomic mass is 10.1. The molecule has 4 nitrogen and oxygen atoms in total. The van der Waals surface area contributed by atoms with Crippen LogP contribution in [0.5, 0.6) is 5.75 Å². The third kappa shape index (κ3) is 3.79. The molecule has 0 aliphatic rings. The van der Waals surface area contributed by atoms with Gasteiger partial charge < -0.3 is 9.47 Å². The maximum Gasteiger partial charge on any atom is 0.129 e. The van der Waals surface area contributed by atoms with Crippen LogP contribution in [-0.2, 0) is 4.74 Å². The first kappa shape index (κ1) is 12.4. The van der Waals surface area contributed by atoms with Crippen molar-refractivity contribution in [3.8, 4) is 5.75 Å². The van der Waals surface area contributed by atoms with E-state index in [0.29, 0.717) is 0 Å². The van der Waals surface area contributed by atoms with Gasteiger partial charge in [0.2, 0.25) is 0 Å². The van der Waals surface area contributed by atoms with Crippen molar-refractivity contribution in [3.63, 3.8) is 0 Å². The molecule has 1 heterocycles. The molecule has 3 N–H and O–H groups in total. The normalized spacial score (nSPS) is 12.7. The first-order chi connectivity index (χ1) is 7.31. The van der Waals surface area contributed by atoms with Crippen LogP contribution in [0.3, 0.4) is 0 Å². The van der Waals surface area contributed by atoms with E-state index >= 15 is 0 Å². The van der Waals surface area contributed by atoms with E-state index < -0.39 is 0 Å². The maximum absolute atomic E-state index is 5.51. The van der Waals surface area contributed by atoms with Crippen molar-refractivity contribution in [3.05, 3.63) is 16.3 Å². The standard InChI is InChI=1S/C10H18N2O2S/c1-13-5-3-4-9(12-11)10-6-8(14-2)7-15-10/h6-7,9,12H,3-5,11H2,1-2H3. The van der Waals surface area contributed by atoms with E-state index in [1.165, 1.54) is 4.88 Å². The van der Waals surface area contributed by atoms with E-state index in [0.717, 1.165) is 25.2 Å². The highest BCUT2D eigenvalue weighted by Gasteiger charge is 2.12. The molecule has 0 aromatic carbocycles. The van der Waals surface area contributed by atoms with E-state index in [-0.39, 0.29) is 6.04 Å². The van der Waals surface area contributed by atoms with Crippen LogP contribution in [0.25, 0.3) is 0 Å². The highest BCUT2D eigenvalue weighted by atomic mass is 32.1. The number of hydrogen-bond acceptors (Lipinski definition) is 5. The SMILES string of the molecule is COCCCC(NN)c1cc(OC)cs1. The fraction of sp³-hybridized carbons (Fsp3) is 0.600. The molecule has 0 saturated carbocycles. The largest absolute Gasteiger partial charge is 0.496 e. The summed E-state index contributed by atoms with van der Waals surface area (Å²) in [5, 5.41) is 1.98. The molecule has 1 rings (SSSR count). The summed E-state index contributed by atoms with van der Waals surface area (Å²) in [6.07, 6.45) is 1.96. The average Bonchev–Trinajstić information content (AvgIpc) is 2.73. The minimum absolute atomic E-state index is 0.189. The van der Waals surface area contributed by atoms with Crippen molar-refractivity contribution in [1.82, 2.24) is 5.43 Å². The van der Waals surface area contributed by atoms with Crippen LogP contribution in [-0.4, -0.2) is 20.8 Å². The zero-order valence-electron chi connectivity index (χ0n) is 9.16. The molecule has 0 aliphatic carbocycles. The predicted octanol–water partition coefficient (Wildman–Crippen LogP) is 1.69. The van der Waals surface area contributed by atoms with Gasteiger partial charge in [-0.25, -0.2) is 0 Å². The highest BCUT2D eigenvalue weighted by molar-refractivity contribution is 7.10. The van der Waals surface area contributed by atoms with Gasteiger partial charge in [0.1, 0.15) is 5.75 Å². The molecule has 1 aromatic heterocycles. The Balaban J connectivity index is 2.49. The third-order valence-electron chi connectivity index (χ3n) is 2.22. The van der Waals surface area contributed by atoms with Gasteiger partial charge in [0.05, 0.1) is 13.2 Å². The van der Waals surface area contributed by atoms with Crippen molar-refractivity contribution in [2.75, 3.05) is 20.8 Å². The van der Waals surface area contributed by atoms with E-state index in [1.54, 1.807) is 25.6 Å². The van der Waals surface area contributed by atoms with Gasteiger partial charge in [0, 0.05) is 24.0 Å². The molecule has 5 heteroatoms. The molecule has 1 unspecified atom stereocenters. The number of ether oxygens (including phenoxy) is 2. The minimum atomic E-state index is 0.189. The van der Waals surface area contributed by atoms with Gasteiger partial charge in [-0.15, -0.1) is 11.3 Å². The molecule has 1 atom stereocenters. The quantitative estimate of drug-likeness (QED) is 0.425. The summed E-state index contributed by atoms with van der Waals surface area (Å²) in [5.74, 6) is 6.40. The van der Waals surface area contributed by atoms with Crippen LogP contribution >= 0.6 is 11.3 Å². The number of nitrogens with one attached hydrogen (secondary N) is 1. The van der Waals surface area contributed by atoms with Crippen LogP contribution in [0, 0.1) is 0 Å². The van der Waals surface area contributed by atoms with E-state index in [2.05, 4.69) is 5.43 Å². The van der Waals surface area contributed by atoms with Crippen molar-refractivity contribution in [2.24, 2.45) is 5.84 Å². The Morgan fingerprint density at radius 3 is 2.87 bits per heavy atom. The average molecular weight is 230 g/mol. The maximum atomic E-state index is 5.51. The van der Waals surface area contributed by atoms with Gasteiger partial charge in [-0.2, -0.15) is 0 Å². The van der Waals surface area contributed by atoms with Crippen LogP contribution in [0.2, 0.25) is 0 Å². The van der Waals surface area contributed by atoms with Gasteiger partial charge in [0.25, 0.3) is 0 Å². The first-order valence-corrected chi connectivity index (χ1v) is 5.77. The van der Waals surface area contributed by atoms with E-state index in [9.17, 15) is 0 Å². The van der Waals surface area contributed by atoms with Crippen LogP contribution in [0.4, 0.5) is 0 Å². The molecular weight excluding hydrogens is 212 g/mol. The molecule has 0 bridgehead atoms. The Kier molecular flexibility index (Phi) is 5.63. The molecule has 0 saturated heterocycles. The summed E-state index contributed by atoms with van der Waals surface area (Å²) in [5.41, 5.74) is 2.81. The first-order valence-electron chi connectivity index (χ1n) is 4.89. The summed E-state index contributed by atoms with van der Waals surface area (Å²) >= 11 is 1.66. The van der Waals surface area contributed by atoms with Crippen LogP contribution in [0.15, 0.2) is 11.4 Å². The topological polar surface area (TPSA) is 56.5 Å². The summed E-state index contributed by atoms with van der Waals surface area (Å²) < 4.78 is 10.1. The lowest BCUT2D eigenvalue weighted by Gasteiger charge is -2.13. The minimum Gasteiger partial charge on any atom is -0.496 e. The number of nitrogens with two attached hydrogens (primary N) is 1. The summed E-state index contributed by atoms with van der Waals surface area (Å²) in [4.78, 5) is 1.20. The smallest absolute Gasteiger partial charge is 0.129 e. The number of methoxy groups -OCH3 is 2. The fourth-order valence-electron chi connectivity index (χ4n) is 1.36. The second kappa shape index (κ2) is 6.79. The second-order valence-corrected chi connectivity index (χ2v) is 4.19. The van der Waals surface area contributed by atoms with Crippen molar-refractivity contribution in [2.45, 2.75) is 18.9 Å². The number of hydrazine groups is 1. The van der Waals surface area contributed by atoms with Crippen molar-refractivity contribution in [1.29, 1.82) is 0 Å². The number of rotatable bonds is 7. The zero-order valence-corrected chi connectivity index (χ0v) is 9.97. The third-order valence-corrected chi connectivity index (χ3v) is 3.24. The Bertz CT molecular complexity index is 278. The second-order valence-electron chi connectivity index (χ2n) is 3.24. The van der Waals surface area contributed by atoms with Crippen molar-refractivity contribution < 1.29 is 9.47 Å². The molecule has 1 aromatic rings. The van der Waals surface area contributed by atoms with Gasteiger partial charge in [-0.3, -0.25) is 11.3 Å². The molecule has 0 radical (unpaired) electrons. The molecule has 86 valence electrons. The van der Waals surface area contributed by atoms with Crippen LogP contribution < -0.4 is 16.0 Å². The molecule has 0 aliphatic heterocycles. The Labute approximate surface area is 94.3 Å². The fourth-order valence-corrected chi connectivity index (χ4v) is 2.31. The summed E-state index contributed by atoms with van der Waals surface area (Å²) in [6, 6.07) is 2.20. The summed E-state index contributed by atoms with van der Waals surface area (Å²) in [7, 11) is 3.38. The van der Waals surface area contributed by atoms with Gasteiger partial charge in [-0.05, 0) is 18.9 Å². The molecular formula is C10H18N2O2S. The Morgan fingerprint density at radius 1 is 1.53 bits per heavy atom. The predicted molar refractivity (Wildman–Crippen MR) is 62.0 cm³/mol. The molecule has 0 amide bonds. The van der Waals surface area contributed by atoms with Gasteiger partial charge in [0.15, 0.2) is 0 Å². The highest BCUT2D eigenvalue weighted by Crippen LogP contribution is 2.28. The Hall–Kier alpha value is -0.620. The van der Waals surface area contributed by atoms with Crippen molar-refractivity contribution >= 4 is 11.3 Å². The summed E-state index contributed by atoms with van der Waals surface area (Å²) in [6.45, 7) is 0.765. The Morgan fingerprint density at radius 2 is 2.33 bits per heavy atom. The lowest BCUT2D eigenvalue weighted by molar-refractivity contribution is 0.189. The molecule has 0 fully saturated rings. The van der Waals surface area contributed by atoms with Crippen LogP contribution in [0.1, 0.15) is 23.8 Å². The monoisotopic (exact) mass is 230 g/mol. The molecule has 0 spiro atoms. The number of hydrogen-bond donors (Lipinski definition) is 2.